The van der Waals surface area contributed by atoms with Crippen LogP contribution >= 0.6 is 0 Å². The summed E-state index contributed by atoms with van der Waals surface area (Å²) in [5, 5.41) is 24.7. The Hall–Kier alpha value is -7.54. The second kappa shape index (κ2) is 14.0. The number of nitrogens with one attached hydrogen (secondary N) is 3. The molecule has 3 atom stereocenters. The van der Waals surface area contributed by atoms with Gasteiger partial charge in [-0.1, -0.05) is 188 Å². The highest BCUT2D eigenvalue weighted by Crippen LogP contribution is 2.50. The zero-order valence-electron chi connectivity index (χ0n) is 33.8. The summed E-state index contributed by atoms with van der Waals surface area (Å²) in [6.45, 7) is 0. The number of hydrogen-bond donors (Lipinski definition) is 3. The van der Waals surface area contributed by atoms with Crippen LogP contribution in [0.15, 0.2) is 212 Å². The largest absolute Gasteiger partial charge is 0.311 e. The van der Waals surface area contributed by atoms with E-state index in [1.807, 2.05) is 0 Å². The van der Waals surface area contributed by atoms with Crippen molar-refractivity contribution in [2.45, 2.75) is 18.6 Å². The van der Waals surface area contributed by atoms with E-state index in [1.165, 1.54) is 98.2 Å². The topological polar surface area (TPSA) is 46.0 Å². The Bertz CT molecular complexity index is 3670. The van der Waals surface area contributed by atoms with Crippen LogP contribution in [-0.2, 0) is 0 Å². The van der Waals surface area contributed by atoms with Gasteiger partial charge in [-0.15, -0.1) is 0 Å². The number of benzene rings is 10. The molecule has 0 spiro atoms. The van der Waals surface area contributed by atoms with E-state index in [2.05, 4.69) is 237 Å². The Morgan fingerprint density at radius 2 is 0.742 bits per heavy atom. The normalized spacial score (nSPS) is 17.0. The predicted octanol–water partition coefficient (Wildman–Crippen LogP) is 13.7. The van der Waals surface area contributed by atoms with Gasteiger partial charge in [0.15, 0.2) is 0 Å². The van der Waals surface area contributed by atoms with Crippen molar-refractivity contribution in [3.8, 4) is 16.8 Å². The molecule has 3 unspecified atom stereocenters. The lowest BCUT2D eigenvalue weighted by Gasteiger charge is -2.40. The van der Waals surface area contributed by atoms with Crippen LogP contribution in [-0.4, -0.2) is 9.13 Å². The van der Waals surface area contributed by atoms with Crippen LogP contribution in [0.5, 0.6) is 0 Å². The third kappa shape index (κ3) is 5.26. The van der Waals surface area contributed by atoms with Crippen LogP contribution in [0.2, 0.25) is 0 Å². The van der Waals surface area contributed by atoms with Crippen LogP contribution in [0.1, 0.15) is 29.7 Å². The highest BCUT2D eigenvalue weighted by molar-refractivity contribution is 6.45. The molecule has 2 aromatic heterocycles. The van der Waals surface area contributed by atoms with Crippen LogP contribution < -0.4 is 16.0 Å². The van der Waals surface area contributed by atoms with Crippen molar-refractivity contribution in [1.82, 2.24) is 25.1 Å². The number of fused-ring (bicyclic) bond motifs is 15. The van der Waals surface area contributed by atoms with Crippen LogP contribution in [0, 0.1) is 0 Å². The van der Waals surface area contributed by atoms with Gasteiger partial charge >= 0.3 is 0 Å². The quantitative estimate of drug-likeness (QED) is 0.152. The molecule has 1 fully saturated rings. The Balaban J connectivity index is 1.12. The van der Waals surface area contributed by atoms with Gasteiger partial charge in [0.2, 0.25) is 0 Å². The molecule has 3 N–H and O–H groups in total. The van der Waals surface area contributed by atoms with E-state index in [9.17, 15) is 0 Å². The Morgan fingerprint density at radius 3 is 1.37 bits per heavy atom. The molecule has 0 radical (unpaired) electrons. The van der Waals surface area contributed by atoms with Gasteiger partial charge in [-0.25, -0.2) is 0 Å². The van der Waals surface area contributed by atoms with Crippen molar-refractivity contribution in [3.05, 3.63) is 223 Å². The summed E-state index contributed by atoms with van der Waals surface area (Å²) in [6, 6.07) is 77.3. The third-order valence-electron chi connectivity index (χ3n) is 13.2. The van der Waals surface area contributed by atoms with Crippen molar-refractivity contribution in [2.24, 2.45) is 0 Å². The standard InChI is InChI=1S/C57H41N5/c1-4-18-36(19-5-1)37-32-34-39(35-33-37)56-58-55(38-20-6-2-7-21-38)59-57(60-56)62-48-31-17-15-29-46(48)52-50-41-24-10-12-26-43(41)53-51(49(50)42-25-11-13-27-44(42)54(52)62)45-28-14-16-30-47(45)61(53)40-22-8-3-9-23-40/h1-35,55-60H. The minimum atomic E-state index is -0.279. The average Bonchev–Trinajstić information content (AvgIpc) is 3.89. The lowest BCUT2D eigenvalue weighted by atomic mass is 9.89. The maximum atomic E-state index is 4.08. The minimum absolute atomic E-state index is 0.131. The van der Waals surface area contributed by atoms with Gasteiger partial charge in [0.1, 0.15) is 6.29 Å². The van der Waals surface area contributed by atoms with Gasteiger partial charge in [-0.05, 0) is 57.3 Å². The number of nitrogens with zero attached hydrogens (tertiary/aromatic N) is 2. The molecule has 0 bridgehead atoms. The average molecular weight is 796 g/mol. The smallest absolute Gasteiger partial charge is 0.142 e. The summed E-state index contributed by atoms with van der Waals surface area (Å²) in [5.41, 5.74) is 10.8. The first-order chi connectivity index (χ1) is 30.8. The zero-order valence-corrected chi connectivity index (χ0v) is 33.8. The first kappa shape index (κ1) is 35.2. The first-order valence-corrected chi connectivity index (χ1v) is 21.5. The van der Waals surface area contributed by atoms with Gasteiger partial charge in [0.05, 0.1) is 34.4 Å². The summed E-state index contributed by atoms with van der Waals surface area (Å²) < 4.78 is 5.02. The highest BCUT2D eigenvalue weighted by atomic mass is 15.4. The fourth-order valence-electron chi connectivity index (χ4n) is 10.6. The monoisotopic (exact) mass is 795 g/mol. The van der Waals surface area contributed by atoms with E-state index >= 15 is 0 Å². The minimum Gasteiger partial charge on any atom is -0.311 e. The van der Waals surface area contributed by atoms with Crippen molar-refractivity contribution in [3.63, 3.8) is 0 Å². The fraction of sp³-hybridized carbons (Fsp3) is 0.0526. The summed E-state index contributed by atoms with van der Waals surface area (Å²) in [6.07, 6.45) is -0.559. The molecule has 12 aromatic rings. The Labute approximate surface area is 358 Å². The summed E-state index contributed by atoms with van der Waals surface area (Å²) >= 11 is 0. The highest BCUT2D eigenvalue weighted by Gasteiger charge is 2.33. The van der Waals surface area contributed by atoms with E-state index in [0.717, 1.165) is 5.69 Å². The lowest BCUT2D eigenvalue weighted by molar-refractivity contribution is 0.161. The second-order valence-corrected chi connectivity index (χ2v) is 16.5. The molecule has 0 saturated carbocycles. The van der Waals surface area contributed by atoms with E-state index in [4.69, 9.17) is 0 Å². The molecule has 0 aliphatic carbocycles. The fourth-order valence-corrected chi connectivity index (χ4v) is 10.6. The maximum Gasteiger partial charge on any atom is 0.142 e. The molecule has 0 amide bonds. The van der Waals surface area contributed by atoms with Crippen molar-refractivity contribution in [1.29, 1.82) is 0 Å². The van der Waals surface area contributed by atoms with E-state index in [1.54, 1.807) is 0 Å². The van der Waals surface area contributed by atoms with Crippen molar-refractivity contribution in [2.75, 3.05) is 0 Å². The molecule has 5 heteroatoms. The van der Waals surface area contributed by atoms with Gasteiger partial charge in [0, 0.05) is 48.8 Å². The van der Waals surface area contributed by atoms with Crippen LogP contribution in [0.3, 0.4) is 0 Å². The van der Waals surface area contributed by atoms with E-state index < -0.39 is 0 Å². The van der Waals surface area contributed by atoms with Crippen molar-refractivity contribution >= 4 is 75.9 Å². The van der Waals surface area contributed by atoms with Gasteiger partial charge in [-0.3, -0.25) is 16.0 Å². The molecule has 294 valence electrons. The van der Waals surface area contributed by atoms with Gasteiger partial charge in [0.25, 0.3) is 0 Å². The molecule has 1 saturated heterocycles. The van der Waals surface area contributed by atoms with Gasteiger partial charge < -0.3 is 9.13 Å². The molecular formula is C57H41N5. The SMILES string of the molecule is c1ccc(-c2ccc(C3NC(c4ccccc4)NC(n4c5ccccc5c5c6c7ccccc7c7c(c8ccccc8n7-c7ccccc7)c6c6ccccc6c54)N3)cc2)cc1. The second-order valence-electron chi connectivity index (χ2n) is 16.5. The number of aromatic nitrogens is 2. The molecule has 13 rings (SSSR count). The molecule has 10 aromatic carbocycles. The zero-order chi connectivity index (χ0) is 40.7. The number of para-hydroxylation sites is 3. The first-order valence-electron chi connectivity index (χ1n) is 21.5. The third-order valence-corrected chi connectivity index (χ3v) is 13.2. The molecule has 62 heavy (non-hydrogen) atoms. The Kier molecular flexibility index (Phi) is 7.97. The predicted molar refractivity (Wildman–Crippen MR) is 259 cm³/mol. The summed E-state index contributed by atoms with van der Waals surface area (Å²) in [7, 11) is 0. The lowest BCUT2D eigenvalue weighted by Crippen LogP contribution is -2.56. The van der Waals surface area contributed by atoms with Crippen molar-refractivity contribution < 1.29 is 0 Å². The summed E-state index contributed by atoms with van der Waals surface area (Å²) in [5.74, 6) is 0. The van der Waals surface area contributed by atoms with Crippen LogP contribution in [0.4, 0.5) is 0 Å². The van der Waals surface area contributed by atoms with Gasteiger partial charge in [-0.2, -0.15) is 0 Å². The Morgan fingerprint density at radius 1 is 0.306 bits per heavy atom. The van der Waals surface area contributed by atoms with E-state index in [0.29, 0.717) is 0 Å². The summed E-state index contributed by atoms with van der Waals surface area (Å²) in [4.78, 5) is 0. The van der Waals surface area contributed by atoms with Crippen LogP contribution in [0.25, 0.3) is 92.7 Å². The molecule has 1 aliphatic rings. The number of rotatable bonds is 5. The molecular weight excluding hydrogens is 755 g/mol. The molecule has 3 heterocycles. The molecule has 5 nitrogen and oxygen atoms in total. The molecule has 1 aliphatic heterocycles. The number of hydrogen-bond acceptors (Lipinski definition) is 3. The maximum absolute atomic E-state index is 4.08. The van der Waals surface area contributed by atoms with E-state index in [-0.39, 0.29) is 18.6 Å².